The number of H-pyrrole nitrogens is 1. The standard InChI is InChI=1S/C16H16N2S/c1-2-6-13(7-3-1)12-19-11-10-16-17-14-8-4-5-9-15(14)18-16/h1-9H,10-12H2,(H,17,18). The van der Waals surface area contributed by atoms with Crippen molar-refractivity contribution < 1.29 is 0 Å². The first-order valence-electron chi connectivity index (χ1n) is 6.47. The van der Waals surface area contributed by atoms with Gasteiger partial charge in [-0.15, -0.1) is 0 Å². The van der Waals surface area contributed by atoms with Crippen LogP contribution in [-0.4, -0.2) is 15.7 Å². The number of aromatic nitrogens is 2. The van der Waals surface area contributed by atoms with Crippen molar-refractivity contribution in [3.8, 4) is 0 Å². The molecule has 1 N–H and O–H groups in total. The lowest BCUT2D eigenvalue weighted by Gasteiger charge is -2.00. The van der Waals surface area contributed by atoms with Crippen molar-refractivity contribution in [1.82, 2.24) is 9.97 Å². The highest BCUT2D eigenvalue weighted by molar-refractivity contribution is 7.98. The van der Waals surface area contributed by atoms with E-state index in [-0.39, 0.29) is 0 Å². The topological polar surface area (TPSA) is 28.7 Å². The molecule has 0 unspecified atom stereocenters. The van der Waals surface area contributed by atoms with E-state index in [4.69, 9.17) is 0 Å². The van der Waals surface area contributed by atoms with Crippen molar-refractivity contribution in [2.45, 2.75) is 12.2 Å². The fourth-order valence-corrected chi connectivity index (χ4v) is 2.97. The van der Waals surface area contributed by atoms with Crippen LogP contribution in [0, 0.1) is 0 Å². The highest BCUT2D eigenvalue weighted by Gasteiger charge is 2.01. The molecule has 19 heavy (non-hydrogen) atoms. The zero-order valence-electron chi connectivity index (χ0n) is 10.7. The summed E-state index contributed by atoms with van der Waals surface area (Å²) in [5, 5.41) is 0. The number of imidazole rings is 1. The van der Waals surface area contributed by atoms with Crippen molar-refractivity contribution in [1.29, 1.82) is 0 Å². The van der Waals surface area contributed by atoms with Gasteiger partial charge in [-0.2, -0.15) is 11.8 Å². The van der Waals surface area contributed by atoms with E-state index >= 15 is 0 Å². The van der Waals surface area contributed by atoms with E-state index in [0.717, 1.165) is 34.8 Å². The van der Waals surface area contributed by atoms with Crippen LogP contribution < -0.4 is 0 Å². The normalized spacial score (nSPS) is 10.9. The van der Waals surface area contributed by atoms with Crippen molar-refractivity contribution in [2.75, 3.05) is 5.75 Å². The largest absolute Gasteiger partial charge is 0.342 e. The third-order valence-electron chi connectivity index (χ3n) is 3.03. The number of para-hydroxylation sites is 2. The molecular weight excluding hydrogens is 252 g/mol. The molecule has 2 nitrogen and oxygen atoms in total. The molecule has 0 aliphatic heterocycles. The van der Waals surface area contributed by atoms with Gasteiger partial charge in [-0.1, -0.05) is 42.5 Å². The average Bonchev–Trinajstić information content (AvgIpc) is 2.87. The van der Waals surface area contributed by atoms with Gasteiger partial charge in [0.2, 0.25) is 0 Å². The molecule has 0 bridgehead atoms. The fraction of sp³-hybridized carbons (Fsp3) is 0.188. The fourth-order valence-electron chi connectivity index (χ4n) is 2.06. The van der Waals surface area contributed by atoms with Gasteiger partial charge in [0.05, 0.1) is 11.0 Å². The summed E-state index contributed by atoms with van der Waals surface area (Å²) in [5.74, 6) is 3.25. The van der Waals surface area contributed by atoms with E-state index in [1.165, 1.54) is 5.56 Å². The van der Waals surface area contributed by atoms with Crippen LogP contribution in [0.4, 0.5) is 0 Å². The van der Waals surface area contributed by atoms with Crippen LogP contribution in [0.5, 0.6) is 0 Å². The summed E-state index contributed by atoms with van der Waals surface area (Å²) in [6, 6.07) is 18.8. The van der Waals surface area contributed by atoms with Crippen LogP contribution in [-0.2, 0) is 12.2 Å². The van der Waals surface area contributed by atoms with E-state index in [1.54, 1.807) is 0 Å². The molecule has 2 aromatic carbocycles. The number of fused-ring (bicyclic) bond motifs is 1. The van der Waals surface area contributed by atoms with Gasteiger partial charge in [0, 0.05) is 17.9 Å². The molecular formula is C16H16N2S. The second kappa shape index (κ2) is 5.93. The zero-order valence-corrected chi connectivity index (χ0v) is 11.5. The van der Waals surface area contributed by atoms with Gasteiger partial charge in [0.1, 0.15) is 5.82 Å². The molecule has 0 aliphatic rings. The molecule has 0 spiro atoms. The molecule has 3 aromatic rings. The van der Waals surface area contributed by atoms with Crippen molar-refractivity contribution in [3.63, 3.8) is 0 Å². The van der Waals surface area contributed by atoms with Crippen LogP contribution in [0.1, 0.15) is 11.4 Å². The Labute approximate surface area is 117 Å². The maximum absolute atomic E-state index is 4.59. The van der Waals surface area contributed by atoms with Gasteiger partial charge in [0.25, 0.3) is 0 Å². The summed E-state index contributed by atoms with van der Waals surface area (Å²) in [7, 11) is 0. The third-order valence-corrected chi connectivity index (χ3v) is 4.06. The number of thioether (sulfide) groups is 1. The van der Waals surface area contributed by atoms with Gasteiger partial charge in [0.15, 0.2) is 0 Å². The zero-order chi connectivity index (χ0) is 12.9. The molecule has 1 heterocycles. The number of aromatic amines is 1. The number of nitrogens with one attached hydrogen (secondary N) is 1. The van der Waals surface area contributed by atoms with Crippen molar-refractivity contribution >= 4 is 22.8 Å². The minimum atomic E-state index is 0.992. The number of nitrogens with zero attached hydrogens (tertiary/aromatic N) is 1. The van der Waals surface area contributed by atoms with Gasteiger partial charge >= 0.3 is 0 Å². The minimum Gasteiger partial charge on any atom is -0.342 e. The number of hydrogen-bond acceptors (Lipinski definition) is 2. The lowest BCUT2D eigenvalue weighted by Crippen LogP contribution is -1.91. The summed E-state index contributed by atoms with van der Waals surface area (Å²) in [5.41, 5.74) is 3.58. The molecule has 0 saturated carbocycles. The Morgan fingerprint density at radius 2 is 1.74 bits per heavy atom. The number of aryl methyl sites for hydroxylation is 1. The van der Waals surface area contributed by atoms with E-state index in [0.29, 0.717) is 0 Å². The van der Waals surface area contributed by atoms with E-state index in [1.807, 2.05) is 30.0 Å². The Balaban J connectivity index is 1.52. The lowest BCUT2D eigenvalue weighted by atomic mass is 10.2. The van der Waals surface area contributed by atoms with Crippen LogP contribution >= 0.6 is 11.8 Å². The Kier molecular flexibility index (Phi) is 3.84. The SMILES string of the molecule is c1ccc(CSCCc2nc3ccccc3[nH]2)cc1. The third kappa shape index (κ3) is 3.18. The van der Waals surface area contributed by atoms with Gasteiger partial charge in [-0.3, -0.25) is 0 Å². The highest BCUT2D eigenvalue weighted by atomic mass is 32.2. The lowest BCUT2D eigenvalue weighted by molar-refractivity contribution is 1.01. The van der Waals surface area contributed by atoms with Crippen LogP contribution in [0.15, 0.2) is 54.6 Å². The predicted octanol–water partition coefficient (Wildman–Crippen LogP) is 4.04. The maximum atomic E-state index is 4.59. The van der Waals surface area contributed by atoms with Gasteiger partial charge in [-0.05, 0) is 17.7 Å². The molecule has 3 heteroatoms. The van der Waals surface area contributed by atoms with Gasteiger partial charge in [-0.25, -0.2) is 4.98 Å². The first kappa shape index (κ1) is 12.3. The van der Waals surface area contributed by atoms with Crippen molar-refractivity contribution in [3.05, 3.63) is 66.0 Å². The molecule has 0 atom stereocenters. The predicted molar refractivity (Wildman–Crippen MR) is 82.4 cm³/mol. The van der Waals surface area contributed by atoms with E-state index in [9.17, 15) is 0 Å². The Bertz CT molecular complexity index is 613. The molecule has 0 saturated heterocycles. The molecule has 96 valence electrons. The quantitative estimate of drug-likeness (QED) is 0.707. The Hall–Kier alpha value is -1.74. The number of benzene rings is 2. The summed E-state index contributed by atoms with van der Waals surface area (Å²) in [6.45, 7) is 0. The summed E-state index contributed by atoms with van der Waals surface area (Å²) in [4.78, 5) is 7.96. The highest BCUT2D eigenvalue weighted by Crippen LogP contribution is 2.15. The summed E-state index contributed by atoms with van der Waals surface area (Å²) >= 11 is 1.95. The monoisotopic (exact) mass is 268 g/mol. The van der Waals surface area contributed by atoms with Gasteiger partial charge < -0.3 is 4.98 Å². The molecule has 0 amide bonds. The smallest absolute Gasteiger partial charge is 0.108 e. The van der Waals surface area contributed by atoms with Crippen LogP contribution in [0.2, 0.25) is 0 Å². The van der Waals surface area contributed by atoms with Crippen molar-refractivity contribution in [2.24, 2.45) is 0 Å². The summed E-state index contributed by atoms with van der Waals surface area (Å²) < 4.78 is 0. The molecule has 0 aliphatic carbocycles. The molecule has 0 radical (unpaired) electrons. The first-order valence-corrected chi connectivity index (χ1v) is 7.62. The minimum absolute atomic E-state index is 0.992. The van der Waals surface area contributed by atoms with Crippen LogP contribution in [0.25, 0.3) is 11.0 Å². The van der Waals surface area contributed by atoms with Crippen LogP contribution in [0.3, 0.4) is 0 Å². The van der Waals surface area contributed by atoms with E-state index < -0.39 is 0 Å². The maximum Gasteiger partial charge on any atom is 0.108 e. The first-order chi connectivity index (χ1) is 9.42. The van der Waals surface area contributed by atoms with E-state index in [2.05, 4.69) is 46.4 Å². The second-order valence-corrected chi connectivity index (χ2v) is 5.59. The Morgan fingerprint density at radius 3 is 2.58 bits per heavy atom. The molecule has 1 aromatic heterocycles. The second-order valence-electron chi connectivity index (χ2n) is 4.49. The number of rotatable bonds is 5. The number of hydrogen-bond donors (Lipinski definition) is 1. The Morgan fingerprint density at radius 1 is 0.947 bits per heavy atom. The summed E-state index contributed by atoms with van der Waals surface area (Å²) in [6.07, 6.45) is 0.992. The average molecular weight is 268 g/mol. The molecule has 0 fully saturated rings. The molecule has 3 rings (SSSR count).